The Balaban J connectivity index is 2.02. The highest BCUT2D eigenvalue weighted by molar-refractivity contribution is 9.10. The van der Waals surface area contributed by atoms with Crippen molar-refractivity contribution in [2.24, 2.45) is 0 Å². The first kappa shape index (κ1) is 18.9. The number of amides is 1. The Morgan fingerprint density at radius 3 is 2.38 bits per heavy atom. The van der Waals surface area contributed by atoms with Crippen LogP contribution >= 0.6 is 15.9 Å². The summed E-state index contributed by atoms with van der Waals surface area (Å²) in [6.07, 6.45) is 1.58. The lowest BCUT2D eigenvalue weighted by atomic mass is 10.0. The van der Waals surface area contributed by atoms with Crippen LogP contribution in [0.15, 0.2) is 64.5 Å². The topological polar surface area (TPSA) is 54.5 Å². The minimum atomic E-state index is -3.28. The molecule has 2 aromatic rings. The summed E-state index contributed by atoms with van der Waals surface area (Å²) in [5.74, 6) is 0.0546. The van der Waals surface area contributed by atoms with Crippen molar-refractivity contribution in [3.05, 3.63) is 75.6 Å². The molecule has 1 heterocycles. The van der Waals surface area contributed by atoms with Gasteiger partial charge in [-0.25, -0.2) is 8.42 Å². The average molecular weight is 434 g/mol. The Bertz CT molecular complexity index is 949. The Kier molecular flexibility index (Phi) is 5.34. The maximum Gasteiger partial charge on any atom is 0.258 e. The molecule has 6 heteroatoms. The predicted octanol–water partition coefficient (Wildman–Crippen LogP) is 4.53. The second kappa shape index (κ2) is 7.37. The van der Waals surface area contributed by atoms with E-state index in [1.54, 1.807) is 29.2 Å². The number of halogens is 1. The lowest BCUT2D eigenvalue weighted by Crippen LogP contribution is -2.41. The van der Waals surface area contributed by atoms with Gasteiger partial charge in [-0.2, -0.15) is 0 Å². The maximum absolute atomic E-state index is 13.2. The number of carbonyl (C=O) groups is 1. The first-order valence-electron chi connectivity index (χ1n) is 8.37. The van der Waals surface area contributed by atoms with Crippen molar-refractivity contribution in [3.63, 3.8) is 0 Å². The molecule has 136 valence electrons. The van der Waals surface area contributed by atoms with Gasteiger partial charge in [-0.15, -0.1) is 0 Å². The fraction of sp³-hybridized carbons (Fsp3) is 0.250. The zero-order chi connectivity index (χ0) is 18.9. The summed E-state index contributed by atoms with van der Waals surface area (Å²) in [6.45, 7) is 4.21. The summed E-state index contributed by atoms with van der Waals surface area (Å²) in [5.41, 5.74) is 2.36. The van der Waals surface area contributed by atoms with Gasteiger partial charge in [0.15, 0.2) is 9.84 Å². The van der Waals surface area contributed by atoms with Crippen LogP contribution in [0.1, 0.15) is 35.7 Å². The standard InChI is InChI=1S/C20H20BrNO3S/c1-14(2)15-6-8-18(9-7-15)22(19-10-11-26(24,25)13-19)20(23)16-4-3-5-17(21)12-16/h3-12,14,19H,13H2,1-2H3. The van der Waals surface area contributed by atoms with Gasteiger partial charge >= 0.3 is 0 Å². The number of nitrogens with zero attached hydrogens (tertiary/aromatic N) is 1. The van der Waals surface area contributed by atoms with E-state index in [0.29, 0.717) is 17.2 Å². The minimum absolute atomic E-state index is 0.0985. The molecule has 3 rings (SSSR count). The molecule has 0 radical (unpaired) electrons. The highest BCUT2D eigenvalue weighted by atomic mass is 79.9. The van der Waals surface area contributed by atoms with Gasteiger partial charge in [0.25, 0.3) is 5.91 Å². The van der Waals surface area contributed by atoms with E-state index in [9.17, 15) is 13.2 Å². The zero-order valence-corrected chi connectivity index (χ0v) is 17.0. The van der Waals surface area contributed by atoms with Gasteiger partial charge < -0.3 is 4.90 Å². The molecule has 1 atom stereocenters. The number of sulfone groups is 1. The van der Waals surface area contributed by atoms with Gasteiger partial charge in [-0.3, -0.25) is 4.79 Å². The highest BCUT2D eigenvalue weighted by Gasteiger charge is 2.32. The van der Waals surface area contributed by atoms with Crippen molar-refractivity contribution in [1.29, 1.82) is 0 Å². The second-order valence-corrected chi connectivity index (χ2v) is 9.50. The lowest BCUT2D eigenvalue weighted by Gasteiger charge is -2.28. The van der Waals surface area contributed by atoms with Crippen LogP contribution in [-0.4, -0.2) is 26.1 Å². The first-order chi connectivity index (χ1) is 12.3. The van der Waals surface area contributed by atoms with Crippen LogP contribution < -0.4 is 4.90 Å². The third-order valence-corrected chi connectivity index (χ3v) is 6.24. The van der Waals surface area contributed by atoms with Crippen molar-refractivity contribution in [1.82, 2.24) is 0 Å². The van der Waals surface area contributed by atoms with Crippen molar-refractivity contribution >= 4 is 37.4 Å². The van der Waals surface area contributed by atoms with Crippen molar-refractivity contribution < 1.29 is 13.2 Å². The van der Waals surface area contributed by atoms with Gasteiger partial charge in [-0.1, -0.05) is 48.0 Å². The van der Waals surface area contributed by atoms with Gasteiger partial charge in [0.05, 0.1) is 11.8 Å². The van der Waals surface area contributed by atoms with E-state index in [-0.39, 0.29) is 11.7 Å². The van der Waals surface area contributed by atoms with E-state index < -0.39 is 15.9 Å². The summed E-state index contributed by atoms with van der Waals surface area (Å²) in [4.78, 5) is 14.8. The molecule has 0 aromatic heterocycles. The van der Waals surface area contributed by atoms with E-state index in [4.69, 9.17) is 0 Å². The van der Waals surface area contributed by atoms with Gasteiger partial charge in [0.2, 0.25) is 0 Å². The largest absolute Gasteiger partial charge is 0.300 e. The summed E-state index contributed by atoms with van der Waals surface area (Å²) < 4.78 is 24.6. The first-order valence-corrected chi connectivity index (χ1v) is 10.9. The van der Waals surface area contributed by atoms with E-state index in [2.05, 4.69) is 29.8 Å². The number of benzene rings is 2. The van der Waals surface area contributed by atoms with Crippen LogP contribution in [0.4, 0.5) is 5.69 Å². The van der Waals surface area contributed by atoms with Crippen molar-refractivity contribution in [2.45, 2.75) is 25.8 Å². The summed E-state index contributed by atoms with van der Waals surface area (Å²) in [7, 11) is -3.28. The Morgan fingerprint density at radius 2 is 1.85 bits per heavy atom. The van der Waals surface area contributed by atoms with E-state index in [1.807, 2.05) is 30.3 Å². The van der Waals surface area contributed by atoms with Crippen LogP contribution in [0.2, 0.25) is 0 Å². The molecular formula is C20H20BrNO3S. The second-order valence-electron chi connectivity index (χ2n) is 6.66. The molecule has 2 aromatic carbocycles. The molecule has 4 nitrogen and oxygen atoms in total. The van der Waals surface area contributed by atoms with E-state index in [1.165, 1.54) is 5.41 Å². The molecule has 1 aliphatic rings. The molecule has 0 N–H and O–H groups in total. The molecule has 26 heavy (non-hydrogen) atoms. The van der Waals surface area contributed by atoms with E-state index >= 15 is 0 Å². The molecule has 0 saturated heterocycles. The SMILES string of the molecule is CC(C)c1ccc(N(C(=O)c2cccc(Br)c2)C2C=CS(=O)(=O)C2)cc1. The fourth-order valence-electron chi connectivity index (χ4n) is 2.96. The summed E-state index contributed by atoms with van der Waals surface area (Å²) >= 11 is 3.38. The van der Waals surface area contributed by atoms with Crippen LogP contribution in [0.25, 0.3) is 0 Å². The molecule has 0 saturated carbocycles. The van der Waals surface area contributed by atoms with Crippen LogP contribution in [-0.2, 0) is 9.84 Å². The molecule has 0 fully saturated rings. The van der Waals surface area contributed by atoms with Crippen molar-refractivity contribution in [3.8, 4) is 0 Å². The molecule has 0 aliphatic carbocycles. The third-order valence-electron chi connectivity index (χ3n) is 4.37. The predicted molar refractivity (Wildman–Crippen MR) is 108 cm³/mol. The van der Waals surface area contributed by atoms with E-state index in [0.717, 1.165) is 10.0 Å². The molecule has 1 aliphatic heterocycles. The maximum atomic E-state index is 13.2. The van der Waals surface area contributed by atoms with Gasteiger partial charge in [-0.05, 0) is 47.9 Å². The molecule has 1 amide bonds. The molecule has 0 bridgehead atoms. The lowest BCUT2D eigenvalue weighted by molar-refractivity contribution is 0.0983. The Hall–Kier alpha value is -1.92. The minimum Gasteiger partial charge on any atom is -0.300 e. The van der Waals surface area contributed by atoms with Gasteiger partial charge in [0, 0.05) is 21.1 Å². The molecule has 1 unspecified atom stereocenters. The van der Waals surface area contributed by atoms with Crippen LogP contribution in [0.3, 0.4) is 0 Å². The number of anilines is 1. The average Bonchev–Trinajstić information content (AvgIpc) is 2.95. The van der Waals surface area contributed by atoms with Gasteiger partial charge in [0.1, 0.15) is 0 Å². The summed E-state index contributed by atoms with van der Waals surface area (Å²) in [6, 6.07) is 14.3. The smallest absolute Gasteiger partial charge is 0.258 e. The Labute approximate surface area is 162 Å². The number of hydrogen-bond acceptors (Lipinski definition) is 3. The quantitative estimate of drug-likeness (QED) is 0.711. The highest BCUT2D eigenvalue weighted by Crippen LogP contribution is 2.27. The molecular weight excluding hydrogens is 414 g/mol. The number of rotatable bonds is 4. The van der Waals surface area contributed by atoms with Crippen LogP contribution in [0, 0.1) is 0 Å². The monoisotopic (exact) mass is 433 g/mol. The summed E-state index contributed by atoms with van der Waals surface area (Å²) in [5, 5.41) is 1.20. The van der Waals surface area contributed by atoms with Crippen LogP contribution in [0.5, 0.6) is 0 Å². The zero-order valence-electron chi connectivity index (χ0n) is 14.6. The number of carbonyl (C=O) groups excluding carboxylic acids is 1. The molecule has 0 spiro atoms. The normalized spacial score (nSPS) is 18.2. The third kappa shape index (κ3) is 4.07. The Morgan fingerprint density at radius 1 is 1.15 bits per heavy atom. The fourth-order valence-corrected chi connectivity index (χ4v) is 4.63. The van der Waals surface area contributed by atoms with Crippen molar-refractivity contribution in [2.75, 3.05) is 10.7 Å². The number of hydrogen-bond donors (Lipinski definition) is 0.